The van der Waals surface area contributed by atoms with Gasteiger partial charge in [0.2, 0.25) is 0 Å². The predicted octanol–water partition coefficient (Wildman–Crippen LogP) is 7.21. The maximum Gasteiger partial charge on any atom is 0.408 e. The monoisotopic (exact) mass is 497 g/mol. The molecule has 3 rings (SSSR count). The summed E-state index contributed by atoms with van der Waals surface area (Å²) < 4.78 is 11.6. The number of fused-ring (bicyclic) bond motifs is 1. The van der Waals surface area contributed by atoms with Crippen LogP contribution >= 0.6 is 11.6 Å². The molecule has 0 aliphatic carbocycles. The summed E-state index contributed by atoms with van der Waals surface area (Å²) in [5.41, 5.74) is 3.04. The number of rotatable bonds is 8. The molecule has 0 aliphatic rings. The van der Waals surface area contributed by atoms with Gasteiger partial charge < -0.3 is 14.8 Å². The number of hydrogen-bond donors (Lipinski definition) is 1. The highest BCUT2D eigenvalue weighted by atomic mass is 35.5. The summed E-state index contributed by atoms with van der Waals surface area (Å²) in [5, 5.41) is 4.61. The van der Waals surface area contributed by atoms with Gasteiger partial charge in [-0.2, -0.15) is 0 Å². The number of ether oxygens (including phenoxy) is 2. The van der Waals surface area contributed by atoms with Crippen LogP contribution < -0.4 is 10.1 Å². The van der Waals surface area contributed by atoms with Crippen LogP contribution in [0.15, 0.2) is 42.7 Å². The van der Waals surface area contributed by atoms with E-state index in [1.165, 1.54) is 0 Å². The highest BCUT2D eigenvalue weighted by Crippen LogP contribution is 2.30. The molecule has 2 heterocycles. The molecule has 2 aromatic heterocycles. The van der Waals surface area contributed by atoms with E-state index in [1.807, 2.05) is 58.0 Å². The third kappa shape index (κ3) is 7.56. The Balaban J connectivity index is 1.78. The third-order valence-corrected chi connectivity index (χ3v) is 5.93. The number of benzene rings is 1. The van der Waals surface area contributed by atoms with Gasteiger partial charge in [-0.25, -0.2) is 4.79 Å². The van der Waals surface area contributed by atoms with Gasteiger partial charge in [0.1, 0.15) is 18.0 Å². The molecule has 0 bridgehead atoms. The predicted molar refractivity (Wildman–Crippen MR) is 142 cm³/mol. The molecular formula is C28H36ClN3O3. The second-order valence-electron chi connectivity index (χ2n) is 10.5. The zero-order valence-electron chi connectivity index (χ0n) is 21.7. The van der Waals surface area contributed by atoms with Crippen LogP contribution in [0.25, 0.3) is 22.2 Å². The second kappa shape index (κ2) is 11.3. The number of carbonyl (C=O) groups excluding carboxylic acids is 1. The number of halogens is 1. The van der Waals surface area contributed by atoms with Crippen LogP contribution in [0.3, 0.4) is 0 Å². The number of amides is 1. The fourth-order valence-corrected chi connectivity index (χ4v) is 4.25. The fraction of sp³-hybridized carbons (Fsp3) is 0.464. The topological polar surface area (TPSA) is 73.3 Å². The third-order valence-electron chi connectivity index (χ3n) is 5.69. The molecular weight excluding hydrogens is 462 g/mol. The van der Waals surface area contributed by atoms with Crippen molar-refractivity contribution >= 4 is 28.6 Å². The zero-order chi connectivity index (χ0) is 25.8. The van der Waals surface area contributed by atoms with Crippen molar-refractivity contribution in [2.45, 2.75) is 66.5 Å². The Hall–Kier alpha value is -2.86. The molecule has 0 fully saturated rings. The van der Waals surface area contributed by atoms with Gasteiger partial charge in [0.05, 0.1) is 23.4 Å². The summed E-state index contributed by atoms with van der Waals surface area (Å²) >= 11 is 6.23. The van der Waals surface area contributed by atoms with Crippen LogP contribution in [-0.4, -0.2) is 34.3 Å². The Morgan fingerprint density at radius 2 is 1.86 bits per heavy atom. The Morgan fingerprint density at radius 3 is 2.51 bits per heavy atom. The number of alkyl carbamates (subject to hydrolysis) is 1. The van der Waals surface area contributed by atoms with E-state index in [1.54, 1.807) is 12.4 Å². The minimum absolute atomic E-state index is 0.197. The molecule has 0 saturated heterocycles. The van der Waals surface area contributed by atoms with Crippen LogP contribution in [0.4, 0.5) is 4.79 Å². The first-order chi connectivity index (χ1) is 16.4. The largest absolute Gasteiger partial charge is 0.490 e. The molecule has 0 aliphatic heterocycles. The van der Waals surface area contributed by atoms with Gasteiger partial charge in [0.15, 0.2) is 0 Å². The van der Waals surface area contributed by atoms with Gasteiger partial charge in [0.25, 0.3) is 0 Å². The summed E-state index contributed by atoms with van der Waals surface area (Å²) in [6, 6.07) is 9.38. The zero-order valence-corrected chi connectivity index (χ0v) is 22.4. The number of carbonyl (C=O) groups is 1. The molecule has 35 heavy (non-hydrogen) atoms. The van der Waals surface area contributed by atoms with Crippen molar-refractivity contribution in [3.05, 3.63) is 53.3 Å². The molecule has 1 N–H and O–H groups in total. The minimum atomic E-state index is -0.561. The number of aromatic nitrogens is 2. The van der Waals surface area contributed by atoms with E-state index < -0.39 is 11.7 Å². The molecule has 6 nitrogen and oxygen atoms in total. The highest BCUT2D eigenvalue weighted by Gasteiger charge is 2.25. The molecule has 0 saturated carbocycles. The minimum Gasteiger partial charge on any atom is -0.490 e. The smallest absolute Gasteiger partial charge is 0.408 e. The molecule has 1 amide bonds. The summed E-state index contributed by atoms with van der Waals surface area (Å²) in [4.78, 5) is 21.5. The van der Waals surface area contributed by atoms with Gasteiger partial charge in [-0.1, -0.05) is 32.4 Å². The van der Waals surface area contributed by atoms with Crippen molar-refractivity contribution in [3.63, 3.8) is 0 Å². The van der Waals surface area contributed by atoms with E-state index in [0.29, 0.717) is 23.3 Å². The molecule has 1 aromatic carbocycles. The standard InChI is InChI=1S/C28H36ClN3O3/c1-17(2)12-18(3)25(32-27(33)35-28(5,6)7)16-34-26-15-31-24(13-19(26)4)21-10-11-30-23-9-8-20(29)14-22(21)23/h8-11,13-15,17-18,25H,12,16H2,1-7H3,(H,32,33)/t18?,25-/m1/s1. The van der Waals surface area contributed by atoms with Gasteiger partial charge in [-0.15, -0.1) is 0 Å². The van der Waals surface area contributed by atoms with Crippen LogP contribution in [0.5, 0.6) is 5.75 Å². The van der Waals surface area contributed by atoms with Crippen molar-refractivity contribution in [2.75, 3.05) is 6.61 Å². The Bertz CT molecular complexity index is 1170. The lowest BCUT2D eigenvalue weighted by molar-refractivity contribution is 0.0459. The van der Waals surface area contributed by atoms with Crippen molar-refractivity contribution in [1.82, 2.24) is 15.3 Å². The quantitative estimate of drug-likeness (QED) is 0.356. The number of nitrogens with zero attached hydrogens (tertiary/aromatic N) is 2. The fourth-order valence-electron chi connectivity index (χ4n) is 4.08. The van der Waals surface area contributed by atoms with Crippen LogP contribution in [0, 0.1) is 18.8 Å². The first-order valence-corrected chi connectivity index (χ1v) is 12.4. The number of aryl methyl sites for hydroxylation is 1. The second-order valence-corrected chi connectivity index (χ2v) is 11.0. The average Bonchev–Trinajstić information content (AvgIpc) is 2.75. The van der Waals surface area contributed by atoms with E-state index in [2.05, 4.69) is 36.1 Å². The highest BCUT2D eigenvalue weighted by molar-refractivity contribution is 6.31. The van der Waals surface area contributed by atoms with Crippen LogP contribution in [0.1, 0.15) is 53.5 Å². The van der Waals surface area contributed by atoms with Crippen molar-refractivity contribution in [3.8, 4) is 17.0 Å². The van der Waals surface area contributed by atoms with Crippen LogP contribution in [-0.2, 0) is 4.74 Å². The summed E-state index contributed by atoms with van der Waals surface area (Å²) in [6.07, 6.45) is 4.03. The van der Waals surface area contributed by atoms with Gasteiger partial charge >= 0.3 is 6.09 Å². The van der Waals surface area contributed by atoms with Crippen LogP contribution in [0.2, 0.25) is 5.02 Å². The molecule has 188 valence electrons. The van der Waals surface area contributed by atoms with E-state index in [0.717, 1.165) is 34.1 Å². The SMILES string of the molecule is Cc1cc(-c2ccnc3ccc(Cl)cc23)ncc1OC[C@@H](NC(=O)OC(C)(C)C)C(C)CC(C)C. The van der Waals surface area contributed by atoms with E-state index >= 15 is 0 Å². The summed E-state index contributed by atoms with van der Waals surface area (Å²) in [6.45, 7) is 14.3. The molecule has 1 unspecified atom stereocenters. The van der Waals surface area contributed by atoms with Crippen molar-refractivity contribution in [1.29, 1.82) is 0 Å². The molecule has 2 atom stereocenters. The molecule has 7 heteroatoms. The van der Waals surface area contributed by atoms with Gasteiger partial charge in [-0.3, -0.25) is 9.97 Å². The van der Waals surface area contributed by atoms with Crippen molar-refractivity contribution < 1.29 is 14.3 Å². The van der Waals surface area contributed by atoms with E-state index in [-0.39, 0.29) is 12.0 Å². The number of hydrogen-bond acceptors (Lipinski definition) is 5. The lowest BCUT2D eigenvalue weighted by Gasteiger charge is -2.28. The maximum absolute atomic E-state index is 12.5. The van der Waals surface area contributed by atoms with Crippen molar-refractivity contribution in [2.24, 2.45) is 11.8 Å². The number of pyridine rings is 2. The summed E-state index contributed by atoms with van der Waals surface area (Å²) in [7, 11) is 0. The van der Waals surface area contributed by atoms with Gasteiger partial charge in [0, 0.05) is 22.2 Å². The first-order valence-electron chi connectivity index (χ1n) is 12.1. The Morgan fingerprint density at radius 1 is 1.11 bits per heavy atom. The lowest BCUT2D eigenvalue weighted by Crippen LogP contribution is -2.46. The van der Waals surface area contributed by atoms with E-state index in [4.69, 9.17) is 21.1 Å². The Labute approximate surface area is 213 Å². The first kappa shape index (κ1) is 26.7. The summed E-state index contributed by atoms with van der Waals surface area (Å²) in [5.74, 6) is 1.39. The molecule has 3 aromatic rings. The normalized spacial score (nSPS) is 13.5. The molecule has 0 spiro atoms. The Kier molecular flexibility index (Phi) is 8.60. The lowest BCUT2D eigenvalue weighted by atomic mass is 9.92. The number of nitrogens with one attached hydrogen (secondary N) is 1. The van der Waals surface area contributed by atoms with E-state index in [9.17, 15) is 4.79 Å². The van der Waals surface area contributed by atoms with Gasteiger partial charge in [-0.05, 0) is 81.8 Å². The molecule has 0 radical (unpaired) electrons. The average molecular weight is 498 g/mol. The maximum atomic E-state index is 12.5.